The van der Waals surface area contributed by atoms with Crippen LogP contribution in [0.15, 0.2) is 60.7 Å². The Kier molecular flexibility index (Phi) is 6.47. The van der Waals surface area contributed by atoms with Gasteiger partial charge in [0.25, 0.3) is 0 Å². The van der Waals surface area contributed by atoms with Gasteiger partial charge < -0.3 is 4.74 Å². The summed E-state index contributed by atoms with van der Waals surface area (Å²) in [5.74, 6) is -1.23. The fourth-order valence-corrected chi connectivity index (χ4v) is 4.57. The largest absolute Gasteiger partial charge is 0.459 e. The molecule has 31 heavy (non-hydrogen) atoms. The summed E-state index contributed by atoms with van der Waals surface area (Å²) in [6.07, 6.45) is 4.77. The van der Waals surface area contributed by atoms with Crippen LogP contribution in [0.25, 0.3) is 0 Å². The molecule has 1 aliphatic heterocycles. The number of esters is 1. The number of imide groups is 1. The average Bonchev–Trinajstić information content (AvgIpc) is 2.81. The van der Waals surface area contributed by atoms with Crippen molar-refractivity contribution in [1.29, 1.82) is 0 Å². The molecule has 0 unspecified atom stereocenters. The molecule has 2 aromatic rings. The molecule has 1 saturated carbocycles. The molecule has 2 fully saturated rings. The number of piperazine rings is 1. The van der Waals surface area contributed by atoms with Crippen LogP contribution in [0.2, 0.25) is 0 Å². The van der Waals surface area contributed by atoms with Gasteiger partial charge in [0.2, 0.25) is 11.8 Å². The summed E-state index contributed by atoms with van der Waals surface area (Å²) in [5, 5.41) is 3.39. The molecule has 1 aliphatic carbocycles. The minimum Gasteiger partial charge on any atom is -0.459 e. The van der Waals surface area contributed by atoms with E-state index in [2.05, 4.69) is 5.32 Å². The summed E-state index contributed by atoms with van der Waals surface area (Å²) in [7, 11) is 0. The number of hydrogen-bond acceptors (Lipinski definition) is 5. The molecule has 0 bridgehead atoms. The smallest absolute Gasteiger partial charge is 0.326 e. The van der Waals surface area contributed by atoms with Crippen LogP contribution < -0.4 is 5.32 Å². The zero-order valence-electron chi connectivity index (χ0n) is 17.6. The highest BCUT2D eigenvalue weighted by molar-refractivity contribution is 6.06. The number of benzene rings is 2. The molecule has 6 heteroatoms. The first kappa shape index (κ1) is 21.2. The maximum Gasteiger partial charge on any atom is 0.326 e. The summed E-state index contributed by atoms with van der Waals surface area (Å²) in [5.41, 5.74) is 1.10. The van der Waals surface area contributed by atoms with E-state index in [1.54, 1.807) is 0 Å². The molecule has 0 aromatic heterocycles. The number of amides is 2. The van der Waals surface area contributed by atoms with Gasteiger partial charge in [-0.05, 0) is 30.4 Å². The molecule has 1 N–H and O–H groups in total. The monoisotopic (exact) mass is 420 g/mol. The van der Waals surface area contributed by atoms with Crippen LogP contribution in [-0.2, 0) is 32.1 Å². The summed E-state index contributed by atoms with van der Waals surface area (Å²) in [6.45, 7) is -0.230. The molecule has 0 radical (unpaired) electrons. The van der Waals surface area contributed by atoms with Gasteiger partial charge in [0, 0.05) is 0 Å². The Labute approximate surface area is 182 Å². The fourth-order valence-electron chi connectivity index (χ4n) is 4.57. The Morgan fingerprint density at radius 2 is 1.55 bits per heavy atom. The first-order valence-electron chi connectivity index (χ1n) is 10.9. The number of carbonyl (C=O) groups excluding carboxylic acids is 3. The predicted octanol–water partition coefficient (Wildman–Crippen LogP) is 3.00. The molecule has 2 amide bonds. The van der Waals surface area contributed by atoms with E-state index in [0.717, 1.165) is 35.3 Å². The third kappa shape index (κ3) is 4.85. The van der Waals surface area contributed by atoms with Crippen LogP contribution in [0, 0.1) is 0 Å². The van der Waals surface area contributed by atoms with E-state index >= 15 is 0 Å². The maximum absolute atomic E-state index is 13.4. The van der Waals surface area contributed by atoms with Gasteiger partial charge in [-0.2, -0.15) is 0 Å². The Hall–Kier alpha value is -2.99. The van der Waals surface area contributed by atoms with Gasteiger partial charge in [-0.3, -0.25) is 24.6 Å². The third-order valence-corrected chi connectivity index (χ3v) is 6.19. The van der Waals surface area contributed by atoms with Crippen molar-refractivity contribution < 1.29 is 19.1 Å². The number of hydrogen-bond donors (Lipinski definition) is 1. The molecule has 1 saturated heterocycles. The zero-order valence-corrected chi connectivity index (χ0v) is 17.6. The van der Waals surface area contributed by atoms with E-state index in [1.165, 1.54) is 0 Å². The average molecular weight is 421 g/mol. The van der Waals surface area contributed by atoms with E-state index in [4.69, 9.17) is 4.74 Å². The topological polar surface area (TPSA) is 75.7 Å². The van der Waals surface area contributed by atoms with Gasteiger partial charge in [-0.1, -0.05) is 79.9 Å². The van der Waals surface area contributed by atoms with Gasteiger partial charge in [0.1, 0.15) is 13.2 Å². The standard InChI is InChI=1S/C25H28N2O4/c28-22(31-18-20-12-6-2-7-13-20)17-27-23(29)21(16-19-10-4-1-5-11-19)26-25(24(27)30)14-8-3-9-15-25/h1-2,4-7,10-13,21,26H,3,8-9,14-18H2/t21-/m0/s1. The first-order chi connectivity index (χ1) is 15.1. The second kappa shape index (κ2) is 9.43. The number of nitrogens with zero attached hydrogens (tertiary/aromatic N) is 1. The molecule has 162 valence electrons. The lowest BCUT2D eigenvalue weighted by molar-refractivity contribution is -0.164. The van der Waals surface area contributed by atoms with Crippen LogP contribution in [0.3, 0.4) is 0 Å². The molecule has 2 aliphatic rings. The van der Waals surface area contributed by atoms with Crippen molar-refractivity contribution in [2.45, 2.75) is 56.7 Å². The lowest BCUT2D eigenvalue weighted by Gasteiger charge is -2.46. The number of rotatable bonds is 6. The van der Waals surface area contributed by atoms with Crippen molar-refractivity contribution >= 4 is 17.8 Å². The zero-order chi connectivity index (χ0) is 21.7. The highest BCUT2D eigenvalue weighted by atomic mass is 16.5. The van der Waals surface area contributed by atoms with Crippen molar-refractivity contribution in [1.82, 2.24) is 10.2 Å². The lowest BCUT2D eigenvalue weighted by Crippen LogP contribution is -2.71. The third-order valence-electron chi connectivity index (χ3n) is 6.19. The Morgan fingerprint density at radius 1 is 0.935 bits per heavy atom. The highest BCUT2D eigenvalue weighted by Gasteiger charge is 2.51. The molecule has 1 heterocycles. The Morgan fingerprint density at radius 3 is 2.19 bits per heavy atom. The highest BCUT2D eigenvalue weighted by Crippen LogP contribution is 2.33. The van der Waals surface area contributed by atoms with Crippen LogP contribution >= 0.6 is 0 Å². The van der Waals surface area contributed by atoms with Crippen molar-refractivity contribution in [2.75, 3.05) is 6.54 Å². The SMILES string of the molecule is O=C(CN1C(=O)[C@H](Cc2ccccc2)NC2(CCCCC2)C1=O)OCc1ccccc1. The summed E-state index contributed by atoms with van der Waals surface area (Å²) in [6, 6.07) is 18.5. The van der Waals surface area contributed by atoms with Crippen molar-refractivity contribution in [3.63, 3.8) is 0 Å². The number of ether oxygens (including phenoxy) is 1. The second-order valence-corrected chi connectivity index (χ2v) is 8.41. The summed E-state index contributed by atoms with van der Waals surface area (Å²) < 4.78 is 5.35. The van der Waals surface area contributed by atoms with Crippen LogP contribution in [0.1, 0.15) is 43.2 Å². The Bertz CT molecular complexity index is 923. The number of nitrogens with one attached hydrogen (secondary N) is 1. The number of carbonyl (C=O) groups is 3. The van der Waals surface area contributed by atoms with Crippen molar-refractivity contribution in [3.8, 4) is 0 Å². The van der Waals surface area contributed by atoms with E-state index in [0.29, 0.717) is 19.3 Å². The van der Waals surface area contributed by atoms with Crippen molar-refractivity contribution in [2.24, 2.45) is 0 Å². The van der Waals surface area contributed by atoms with Gasteiger partial charge in [0.05, 0.1) is 11.6 Å². The fraction of sp³-hybridized carbons (Fsp3) is 0.400. The molecular weight excluding hydrogens is 392 g/mol. The predicted molar refractivity (Wildman–Crippen MR) is 116 cm³/mol. The minimum atomic E-state index is -0.773. The first-order valence-corrected chi connectivity index (χ1v) is 10.9. The summed E-state index contributed by atoms with van der Waals surface area (Å²) >= 11 is 0. The van der Waals surface area contributed by atoms with Crippen LogP contribution in [0.5, 0.6) is 0 Å². The normalized spacial score (nSPS) is 20.6. The van der Waals surface area contributed by atoms with E-state index < -0.39 is 17.6 Å². The van der Waals surface area contributed by atoms with E-state index in [1.807, 2.05) is 60.7 Å². The molecule has 4 rings (SSSR count). The molecular formula is C25H28N2O4. The lowest BCUT2D eigenvalue weighted by atomic mass is 9.77. The van der Waals surface area contributed by atoms with Crippen LogP contribution in [-0.4, -0.2) is 40.8 Å². The Balaban J connectivity index is 1.50. The van der Waals surface area contributed by atoms with Gasteiger partial charge >= 0.3 is 5.97 Å². The van der Waals surface area contributed by atoms with E-state index in [9.17, 15) is 14.4 Å². The molecule has 2 aromatic carbocycles. The summed E-state index contributed by atoms with van der Waals surface area (Å²) in [4.78, 5) is 40.2. The van der Waals surface area contributed by atoms with Crippen LogP contribution in [0.4, 0.5) is 0 Å². The van der Waals surface area contributed by atoms with Gasteiger partial charge in [-0.15, -0.1) is 0 Å². The quantitative estimate of drug-likeness (QED) is 0.574. The second-order valence-electron chi connectivity index (χ2n) is 8.41. The van der Waals surface area contributed by atoms with Crippen molar-refractivity contribution in [3.05, 3.63) is 71.8 Å². The van der Waals surface area contributed by atoms with E-state index in [-0.39, 0.29) is 25.0 Å². The molecule has 6 nitrogen and oxygen atoms in total. The maximum atomic E-state index is 13.4. The molecule has 1 spiro atoms. The van der Waals surface area contributed by atoms with Gasteiger partial charge in [-0.25, -0.2) is 0 Å². The van der Waals surface area contributed by atoms with Gasteiger partial charge in [0.15, 0.2) is 0 Å². The molecule has 1 atom stereocenters. The minimum absolute atomic E-state index is 0.118.